The molecular weight excluding hydrogens is 252 g/mol. The highest BCUT2D eigenvalue weighted by atomic mass is 32.2. The Morgan fingerprint density at radius 3 is 2.61 bits per heavy atom. The molecule has 0 fully saturated rings. The van der Waals surface area contributed by atoms with Crippen LogP contribution in [0.25, 0.3) is 0 Å². The lowest BCUT2D eigenvalue weighted by molar-refractivity contribution is -0.894. The molecule has 1 atom stereocenters. The van der Waals surface area contributed by atoms with Crippen LogP contribution in [0.3, 0.4) is 0 Å². The minimum atomic E-state index is 0.0324. The summed E-state index contributed by atoms with van der Waals surface area (Å²) in [7, 11) is 7.57. The summed E-state index contributed by atoms with van der Waals surface area (Å²) < 4.78 is 5.58. The van der Waals surface area contributed by atoms with Crippen molar-refractivity contribution in [3.05, 3.63) is 5.89 Å². The molecule has 6 nitrogen and oxygen atoms in total. The summed E-state index contributed by atoms with van der Waals surface area (Å²) in [5, 5.41) is 8.47. The highest BCUT2D eigenvalue weighted by Gasteiger charge is 2.22. The van der Waals surface area contributed by atoms with Gasteiger partial charge in [-0.3, -0.25) is 4.79 Å². The second-order valence-electron chi connectivity index (χ2n) is 4.52. The molecule has 18 heavy (non-hydrogen) atoms. The van der Waals surface area contributed by atoms with E-state index in [9.17, 15) is 4.79 Å². The number of nitrogens with one attached hydrogen (secondary N) is 1. The van der Waals surface area contributed by atoms with Gasteiger partial charge < -0.3 is 14.2 Å². The Morgan fingerprint density at radius 1 is 1.44 bits per heavy atom. The van der Waals surface area contributed by atoms with Crippen LogP contribution in [0.2, 0.25) is 0 Å². The van der Waals surface area contributed by atoms with Crippen molar-refractivity contribution in [3.8, 4) is 0 Å². The zero-order valence-electron chi connectivity index (χ0n) is 11.6. The van der Waals surface area contributed by atoms with E-state index >= 15 is 0 Å². The fraction of sp³-hybridized carbons (Fsp3) is 0.727. The van der Waals surface area contributed by atoms with Crippen molar-refractivity contribution in [3.63, 3.8) is 0 Å². The van der Waals surface area contributed by atoms with Gasteiger partial charge >= 0.3 is 0 Å². The van der Waals surface area contributed by atoms with Crippen LogP contribution in [0.15, 0.2) is 9.64 Å². The Labute approximate surface area is 112 Å². The number of hydrogen-bond acceptors (Lipinski definition) is 5. The van der Waals surface area contributed by atoms with Gasteiger partial charge in [0.15, 0.2) is 6.04 Å². The molecule has 1 rings (SSSR count). The van der Waals surface area contributed by atoms with Crippen molar-refractivity contribution in [2.75, 3.05) is 33.9 Å². The third-order valence-electron chi connectivity index (χ3n) is 2.64. The molecule has 1 N–H and O–H groups in total. The minimum Gasteiger partial charge on any atom is -0.410 e. The first kappa shape index (κ1) is 15.0. The predicted molar refractivity (Wildman–Crippen MR) is 69.6 cm³/mol. The molecule has 0 bridgehead atoms. The Balaban J connectivity index is 2.60. The molecule has 0 radical (unpaired) electrons. The van der Waals surface area contributed by atoms with Crippen molar-refractivity contribution in [2.45, 2.75) is 24.6 Å². The van der Waals surface area contributed by atoms with Gasteiger partial charge in [0.05, 0.1) is 19.8 Å². The summed E-state index contributed by atoms with van der Waals surface area (Å²) in [5.41, 5.74) is 0. The number of rotatable bonds is 6. The lowest BCUT2D eigenvalue weighted by atomic mass is 10.2. The smallest absolute Gasteiger partial charge is 0.277 e. The van der Waals surface area contributed by atoms with Crippen molar-refractivity contribution < 1.29 is 14.1 Å². The largest absolute Gasteiger partial charge is 0.410 e. The molecule has 1 aromatic rings. The number of quaternary nitrogens is 1. The van der Waals surface area contributed by atoms with Gasteiger partial charge in [-0.2, -0.15) is 0 Å². The molecular formula is C11H21N4O2S+. The first-order valence-corrected chi connectivity index (χ1v) is 6.90. The number of carbonyl (C=O) groups excluding carboxylic acids is 1. The average molecular weight is 273 g/mol. The van der Waals surface area contributed by atoms with Gasteiger partial charge in [0, 0.05) is 20.5 Å². The zero-order chi connectivity index (χ0) is 13.7. The van der Waals surface area contributed by atoms with Gasteiger partial charge in [0.2, 0.25) is 5.91 Å². The van der Waals surface area contributed by atoms with Crippen LogP contribution < -0.4 is 4.90 Å². The Kier molecular flexibility index (Phi) is 5.61. The Bertz CT molecular complexity index is 392. The standard InChI is InChI=1S/C11H20N4O2S/c1-6-8(14(2)3)10-12-13-11(17-10)18-7-9(16)15(4)5/h8H,6-7H2,1-5H3/p+1/t8-/m1/s1. The first-order valence-electron chi connectivity index (χ1n) is 5.92. The second-order valence-corrected chi connectivity index (χ2v) is 5.45. The second kappa shape index (κ2) is 6.75. The van der Waals surface area contributed by atoms with E-state index in [0.29, 0.717) is 16.9 Å². The highest BCUT2D eigenvalue weighted by molar-refractivity contribution is 7.99. The van der Waals surface area contributed by atoms with E-state index in [2.05, 4.69) is 31.2 Å². The summed E-state index contributed by atoms with van der Waals surface area (Å²) in [4.78, 5) is 14.2. The van der Waals surface area contributed by atoms with Gasteiger partial charge in [0.1, 0.15) is 0 Å². The van der Waals surface area contributed by atoms with Crippen LogP contribution in [-0.4, -0.2) is 54.9 Å². The minimum absolute atomic E-state index is 0.0324. The van der Waals surface area contributed by atoms with Crippen molar-refractivity contribution >= 4 is 17.7 Å². The summed E-state index contributed by atoms with van der Waals surface area (Å²) in [6.45, 7) is 2.09. The maximum atomic E-state index is 11.4. The van der Waals surface area contributed by atoms with Crippen LogP contribution in [-0.2, 0) is 4.79 Å². The van der Waals surface area contributed by atoms with E-state index in [0.717, 1.165) is 6.42 Å². The molecule has 0 spiro atoms. The maximum absolute atomic E-state index is 11.4. The number of nitrogens with zero attached hydrogens (tertiary/aromatic N) is 3. The quantitative estimate of drug-likeness (QED) is 0.730. The van der Waals surface area contributed by atoms with Crippen molar-refractivity contribution in [1.82, 2.24) is 15.1 Å². The normalized spacial score (nSPS) is 12.8. The van der Waals surface area contributed by atoms with Gasteiger partial charge in [0.25, 0.3) is 11.1 Å². The average Bonchev–Trinajstić information content (AvgIpc) is 2.74. The third-order valence-corrected chi connectivity index (χ3v) is 3.45. The fourth-order valence-electron chi connectivity index (χ4n) is 1.50. The van der Waals surface area contributed by atoms with E-state index in [-0.39, 0.29) is 11.9 Å². The topological polar surface area (TPSA) is 63.7 Å². The molecule has 1 heterocycles. The number of amides is 1. The molecule has 0 unspecified atom stereocenters. The number of hydrogen-bond donors (Lipinski definition) is 1. The lowest BCUT2D eigenvalue weighted by Crippen LogP contribution is -3.06. The molecule has 0 aliphatic heterocycles. The lowest BCUT2D eigenvalue weighted by Gasteiger charge is -2.15. The van der Waals surface area contributed by atoms with E-state index in [4.69, 9.17) is 4.42 Å². The Morgan fingerprint density at radius 2 is 2.11 bits per heavy atom. The SMILES string of the molecule is CC[C@H](c1nnc(SCC(=O)N(C)C)o1)[NH+](C)C. The molecule has 0 aliphatic carbocycles. The van der Waals surface area contributed by atoms with Crippen LogP contribution in [0.1, 0.15) is 25.3 Å². The van der Waals surface area contributed by atoms with Crippen LogP contribution in [0.5, 0.6) is 0 Å². The number of thioether (sulfide) groups is 1. The van der Waals surface area contributed by atoms with Gasteiger partial charge in [-0.25, -0.2) is 0 Å². The molecule has 1 aromatic heterocycles. The third kappa shape index (κ3) is 3.99. The monoisotopic (exact) mass is 273 g/mol. The van der Waals surface area contributed by atoms with Crippen LogP contribution in [0.4, 0.5) is 0 Å². The van der Waals surface area contributed by atoms with E-state index < -0.39 is 0 Å². The molecule has 0 aliphatic rings. The van der Waals surface area contributed by atoms with Crippen LogP contribution >= 0.6 is 11.8 Å². The van der Waals surface area contributed by atoms with Crippen molar-refractivity contribution in [2.24, 2.45) is 0 Å². The molecule has 0 saturated carbocycles. The zero-order valence-corrected chi connectivity index (χ0v) is 12.4. The number of carbonyl (C=O) groups is 1. The maximum Gasteiger partial charge on any atom is 0.277 e. The first-order chi connectivity index (χ1) is 8.45. The molecule has 0 aromatic carbocycles. The van der Waals surface area contributed by atoms with Gasteiger partial charge in [-0.15, -0.1) is 10.2 Å². The molecule has 7 heteroatoms. The summed E-state index contributed by atoms with van der Waals surface area (Å²) in [5.74, 6) is 0.989. The Hall–Kier alpha value is -1.08. The van der Waals surface area contributed by atoms with Gasteiger partial charge in [-0.05, 0) is 0 Å². The molecule has 102 valence electrons. The summed E-state index contributed by atoms with van der Waals surface area (Å²) >= 11 is 1.28. The number of aromatic nitrogens is 2. The summed E-state index contributed by atoms with van der Waals surface area (Å²) in [6, 6.07) is 0.205. The van der Waals surface area contributed by atoms with E-state index in [1.54, 1.807) is 19.0 Å². The predicted octanol–water partition coefficient (Wildman–Crippen LogP) is -0.154. The van der Waals surface area contributed by atoms with Crippen LogP contribution in [0, 0.1) is 0 Å². The fourth-order valence-corrected chi connectivity index (χ4v) is 2.25. The van der Waals surface area contributed by atoms with E-state index in [1.165, 1.54) is 16.7 Å². The molecule has 1 amide bonds. The highest BCUT2D eigenvalue weighted by Crippen LogP contribution is 2.19. The van der Waals surface area contributed by atoms with Crippen molar-refractivity contribution in [1.29, 1.82) is 0 Å². The van der Waals surface area contributed by atoms with Gasteiger partial charge in [-0.1, -0.05) is 18.7 Å². The molecule has 0 saturated heterocycles. The van der Waals surface area contributed by atoms with E-state index in [1.807, 2.05) is 0 Å². The summed E-state index contributed by atoms with van der Waals surface area (Å²) in [6.07, 6.45) is 0.936.